The van der Waals surface area contributed by atoms with Gasteiger partial charge in [0.25, 0.3) is 0 Å². The van der Waals surface area contributed by atoms with Crippen LogP contribution in [0.25, 0.3) is 0 Å². The fraction of sp³-hybridized carbons (Fsp3) is 0.750. The summed E-state index contributed by atoms with van der Waals surface area (Å²) in [5, 5.41) is 2.94. The highest BCUT2D eigenvalue weighted by atomic mass is 32.2. The van der Waals surface area contributed by atoms with Crippen molar-refractivity contribution >= 4 is 21.6 Å². The van der Waals surface area contributed by atoms with E-state index in [9.17, 15) is 26.4 Å². The van der Waals surface area contributed by atoms with Crippen LogP contribution in [0.5, 0.6) is 0 Å². The quantitative estimate of drug-likeness (QED) is 0.471. The molecular weight excluding hydrogens is 545 g/mol. The van der Waals surface area contributed by atoms with E-state index in [1.807, 2.05) is 18.7 Å². The number of sulfonamides is 1. The van der Waals surface area contributed by atoms with E-state index in [0.29, 0.717) is 37.5 Å². The standard InChI is InChI=1S/C28H43F3N4O4S/c1-3-21(2)32-27(36)23-9-14-35(15-10-23)40(37,38)26-20-24(28(29,30)31)4-5-25(26)34-12-7-22(8-13-34)6-11-33-16-18-39-19-17-33/h4-5,20-23H,3,6-19H2,1-2H3,(H,32,36). The molecule has 0 aromatic heterocycles. The van der Waals surface area contributed by atoms with Gasteiger partial charge in [0.2, 0.25) is 15.9 Å². The average molecular weight is 589 g/mol. The lowest BCUT2D eigenvalue weighted by Gasteiger charge is -2.37. The van der Waals surface area contributed by atoms with E-state index in [2.05, 4.69) is 10.2 Å². The molecule has 226 valence electrons. The van der Waals surface area contributed by atoms with Crippen LogP contribution in [0.4, 0.5) is 18.9 Å². The monoisotopic (exact) mass is 588 g/mol. The van der Waals surface area contributed by atoms with Crippen LogP contribution in [-0.2, 0) is 25.7 Å². The van der Waals surface area contributed by atoms with Gasteiger partial charge in [-0.2, -0.15) is 17.5 Å². The minimum absolute atomic E-state index is 0.0328. The fourth-order valence-electron chi connectivity index (χ4n) is 5.77. The molecule has 0 aliphatic carbocycles. The Morgan fingerprint density at radius 2 is 1.70 bits per heavy atom. The molecule has 4 rings (SSSR count). The van der Waals surface area contributed by atoms with Crippen molar-refractivity contribution in [3.8, 4) is 0 Å². The zero-order valence-corrected chi connectivity index (χ0v) is 24.4. The summed E-state index contributed by atoms with van der Waals surface area (Å²) < 4.78 is 75.2. The number of alkyl halides is 3. The van der Waals surface area contributed by atoms with E-state index in [4.69, 9.17) is 4.74 Å². The van der Waals surface area contributed by atoms with Gasteiger partial charge in [-0.1, -0.05) is 6.92 Å². The molecule has 0 spiro atoms. The molecule has 3 saturated heterocycles. The van der Waals surface area contributed by atoms with Crippen LogP contribution in [0.15, 0.2) is 23.1 Å². The second-order valence-electron chi connectivity index (χ2n) is 11.3. The molecule has 1 amide bonds. The van der Waals surface area contributed by atoms with Gasteiger partial charge in [0.15, 0.2) is 0 Å². The number of nitrogens with one attached hydrogen (secondary N) is 1. The molecule has 3 heterocycles. The topological polar surface area (TPSA) is 82.2 Å². The van der Waals surface area contributed by atoms with Gasteiger partial charge >= 0.3 is 6.18 Å². The molecule has 0 radical (unpaired) electrons. The number of hydrogen-bond acceptors (Lipinski definition) is 6. The summed E-state index contributed by atoms with van der Waals surface area (Å²) in [6.45, 7) is 9.66. The van der Waals surface area contributed by atoms with Crippen molar-refractivity contribution in [3.63, 3.8) is 0 Å². The van der Waals surface area contributed by atoms with E-state index in [-0.39, 0.29) is 35.9 Å². The van der Waals surface area contributed by atoms with Crippen LogP contribution in [-0.4, -0.2) is 88.6 Å². The van der Waals surface area contributed by atoms with Gasteiger partial charge in [-0.15, -0.1) is 0 Å². The van der Waals surface area contributed by atoms with Crippen molar-refractivity contribution in [3.05, 3.63) is 23.8 Å². The lowest BCUT2D eigenvalue weighted by atomic mass is 9.93. The first-order chi connectivity index (χ1) is 19.0. The Hall–Kier alpha value is -1.89. The molecule has 3 aliphatic rings. The number of rotatable bonds is 9. The smallest absolute Gasteiger partial charge is 0.379 e. The van der Waals surface area contributed by atoms with Crippen LogP contribution in [0.2, 0.25) is 0 Å². The van der Waals surface area contributed by atoms with Crippen molar-refractivity contribution in [2.75, 3.05) is 63.9 Å². The first-order valence-electron chi connectivity index (χ1n) is 14.6. The molecule has 3 aliphatic heterocycles. The van der Waals surface area contributed by atoms with E-state index < -0.39 is 21.8 Å². The van der Waals surface area contributed by atoms with Gasteiger partial charge in [-0.3, -0.25) is 9.69 Å². The molecule has 1 atom stereocenters. The van der Waals surface area contributed by atoms with E-state index in [1.165, 1.54) is 10.4 Å². The molecule has 1 N–H and O–H groups in total. The minimum Gasteiger partial charge on any atom is -0.379 e. The number of hydrogen-bond donors (Lipinski definition) is 1. The average Bonchev–Trinajstić information content (AvgIpc) is 2.96. The van der Waals surface area contributed by atoms with Crippen LogP contribution >= 0.6 is 0 Å². The zero-order chi connectivity index (χ0) is 28.9. The van der Waals surface area contributed by atoms with E-state index >= 15 is 0 Å². The summed E-state index contributed by atoms with van der Waals surface area (Å²) in [4.78, 5) is 16.6. The highest BCUT2D eigenvalue weighted by Crippen LogP contribution is 2.38. The van der Waals surface area contributed by atoms with Gasteiger partial charge in [0.05, 0.1) is 24.5 Å². The molecule has 1 unspecified atom stereocenters. The summed E-state index contributed by atoms with van der Waals surface area (Å²) in [5.74, 6) is 0.0924. The summed E-state index contributed by atoms with van der Waals surface area (Å²) >= 11 is 0. The zero-order valence-electron chi connectivity index (χ0n) is 23.6. The van der Waals surface area contributed by atoms with Gasteiger partial charge in [-0.25, -0.2) is 8.42 Å². The molecular formula is C28H43F3N4O4S. The first kappa shape index (κ1) is 31.1. The Bertz CT molecular complexity index is 1100. The van der Waals surface area contributed by atoms with Crippen molar-refractivity contribution < 1.29 is 31.1 Å². The number of ether oxygens (including phenoxy) is 1. The van der Waals surface area contributed by atoms with Crippen LogP contribution in [0.1, 0.15) is 57.9 Å². The van der Waals surface area contributed by atoms with Crippen molar-refractivity contribution in [1.29, 1.82) is 0 Å². The molecule has 12 heteroatoms. The number of piperidine rings is 2. The number of benzene rings is 1. The van der Waals surface area contributed by atoms with Crippen molar-refractivity contribution in [2.24, 2.45) is 11.8 Å². The number of nitrogens with zero attached hydrogens (tertiary/aromatic N) is 3. The van der Waals surface area contributed by atoms with E-state index in [0.717, 1.165) is 70.7 Å². The normalized spacial score (nSPS) is 21.9. The number of carbonyl (C=O) groups excluding carboxylic acids is 1. The second kappa shape index (κ2) is 13.4. The fourth-order valence-corrected chi connectivity index (χ4v) is 7.48. The molecule has 0 saturated carbocycles. The SMILES string of the molecule is CCC(C)NC(=O)C1CCN(S(=O)(=O)c2cc(C(F)(F)F)ccc2N2CCC(CCN3CCOCC3)CC2)CC1. The minimum atomic E-state index is -4.66. The Kier molecular flexibility index (Phi) is 10.4. The first-order valence-corrected chi connectivity index (χ1v) is 16.0. The van der Waals surface area contributed by atoms with Gasteiger partial charge < -0.3 is 15.0 Å². The van der Waals surface area contributed by atoms with Gasteiger partial charge in [0.1, 0.15) is 4.90 Å². The van der Waals surface area contributed by atoms with Crippen molar-refractivity contribution in [2.45, 2.75) is 69.5 Å². The van der Waals surface area contributed by atoms with Crippen LogP contribution < -0.4 is 10.2 Å². The Morgan fingerprint density at radius 3 is 2.30 bits per heavy atom. The largest absolute Gasteiger partial charge is 0.416 e. The maximum Gasteiger partial charge on any atom is 0.416 e. The molecule has 1 aromatic rings. The predicted molar refractivity (Wildman–Crippen MR) is 148 cm³/mol. The Balaban J connectivity index is 1.45. The number of carbonyl (C=O) groups is 1. The third-order valence-electron chi connectivity index (χ3n) is 8.64. The second-order valence-corrected chi connectivity index (χ2v) is 13.3. The lowest BCUT2D eigenvalue weighted by Crippen LogP contribution is -2.45. The number of amides is 1. The molecule has 8 nitrogen and oxygen atoms in total. The highest BCUT2D eigenvalue weighted by molar-refractivity contribution is 7.89. The maximum absolute atomic E-state index is 13.8. The van der Waals surface area contributed by atoms with Crippen LogP contribution in [0, 0.1) is 11.8 Å². The Labute approximate surface area is 236 Å². The number of halogens is 3. The third kappa shape index (κ3) is 7.68. The summed E-state index contributed by atoms with van der Waals surface area (Å²) in [5.41, 5.74) is -0.644. The van der Waals surface area contributed by atoms with Gasteiger partial charge in [0, 0.05) is 51.2 Å². The molecule has 1 aromatic carbocycles. The number of morpholine rings is 1. The van der Waals surface area contributed by atoms with E-state index in [1.54, 1.807) is 0 Å². The lowest BCUT2D eigenvalue weighted by molar-refractivity contribution is -0.137. The highest BCUT2D eigenvalue weighted by Gasteiger charge is 2.38. The Morgan fingerprint density at radius 1 is 1.05 bits per heavy atom. The summed E-state index contributed by atoms with van der Waals surface area (Å²) in [6.07, 6.45) is -0.415. The third-order valence-corrected chi connectivity index (χ3v) is 10.6. The predicted octanol–water partition coefficient (Wildman–Crippen LogP) is 3.96. The van der Waals surface area contributed by atoms with Crippen LogP contribution in [0.3, 0.4) is 0 Å². The molecule has 40 heavy (non-hydrogen) atoms. The number of anilines is 1. The van der Waals surface area contributed by atoms with Gasteiger partial charge in [-0.05, 0) is 76.1 Å². The maximum atomic E-state index is 13.8. The molecule has 0 bridgehead atoms. The summed E-state index contributed by atoms with van der Waals surface area (Å²) in [6, 6.07) is 3.11. The van der Waals surface area contributed by atoms with Crippen molar-refractivity contribution in [1.82, 2.24) is 14.5 Å². The summed E-state index contributed by atoms with van der Waals surface area (Å²) in [7, 11) is -4.20. The molecule has 3 fully saturated rings.